The highest BCUT2D eigenvalue weighted by molar-refractivity contribution is 6.41. The topological polar surface area (TPSA) is 103 Å². The van der Waals surface area contributed by atoms with Crippen LogP contribution in [0.4, 0.5) is 5.95 Å². The van der Waals surface area contributed by atoms with Crippen LogP contribution in [0.5, 0.6) is 11.5 Å². The molecule has 1 aliphatic rings. The lowest BCUT2D eigenvalue weighted by molar-refractivity contribution is -0.126. The van der Waals surface area contributed by atoms with Gasteiger partial charge in [-0.25, -0.2) is 9.97 Å². The molecule has 33 heavy (non-hydrogen) atoms. The number of carbonyl (C=O) groups excluding carboxylic acids is 1. The molecule has 3 aromatic rings. The maximum Gasteiger partial charge on any atom is 0.292 e. The molecule has 0 spiro atoms. The highest BCUT2D eigenvalue weighted by Gasteiger charge is 2.23. The van der Waals surface area contributed by atoms with Crippen LogP contribution in [-0.4, -0.2) is 55.0 Å². The molecule has 2 N–H and O–H groups in total. The molecule has 0 aliphatic heterocycles. The van der Waals surface area contributed by atoms with Gasteiger partial charge in [-0.1, -0.05) is 29.3 Å². The van der Waals surface area contributed by atoms with Crippen LogP contribution in [-0.2, 0) is 9.53 Å². The minimum Gasteiger partial charge on any atom is -0.495 e. The lowest BCUT2D eigenvalue weighted by Crippen LogP contribution is -2.18. The Hall–Kier alpha value is -2.81. The number of carbonyl (C=O) groups is 1. The summed E-state index contributed by atoms with van der Waals surface area (Å²) in [6, 6.07) is 7.61. The lowest BCUT2D eigenvalue weighted by atomic mass is 10.0. The van der Waals surface area contributed by atoms with Crippen LogP contribution >= 0.6 is 23.2 Å². The highest BCUT2D eigenvalue weighted by Crippen LogP contribution is 2.46. The van der Waals surface area contributed by atoms with Gasteiger partial charge in [-0.2, -0.15) is 0 Å². The average molecular weight is 494 g/mol. The lowest BCUT2D eigenvalue weighted by Gasteiger charge is -2.15. The normalized spacial score (nSPS) is 17.2. The fourth-order valence-corrected chi connectivity index (χ4v) is 4.39. The molecular weight excluding hydrogens is 469 g/mol. The Morgan fingerprint density at radius 3 is 2.30 bits per heavy atom. The number of benzene rings is 2. The first kappa shape index (κ1) is 24.8. The summed E-state index contributed by atoms with van der Waals surface area (Å²) in [5.74, 6) is 1.53. The number of anilines is 1. The van der Waals surface area contributed by atoms with Crippen molar-refractivity contribution in [2.75, 3.05) is 26.6 Å². The van der Waals surface area contributed by atoms with Gasteiger partial charge < -0.3 is 24.6 Å². The summed E-state index contributed by atoms with van der Waals surface area (Å²) < 4.78 is 14.6. The van der Waals surface area contributed by atoms with Gasteiger partial charge in [0.1, 0.15) is 11.5 Å². The Morgan fingerprint density at radius 2 is 1.76 bits per heavy atom. The van der Waals surface area contributed by atoms with E-state index in [1.165, 1.54) is 7.11 Å². The highest BCUT2D eigenvalue weighted by atomic mass is 35.5. The minimum absolute atomic E-state index is 0.198. The average Bonchev–Trinajstić information content (AvgIpc) is 3.24. The molecule has 176 valence electrons. The van der Waals surface area contributed by atoms with Gasteiger partial charge in [-0.05, 0) is 37.0 Å². The first-order valence-electron chi connectivity index (χ1n) is 10.2. The molecular formula is C23H25Cl2N3O5. The summed E-state index contributed by atoms with van der Waals surface area (Å²) in [4.78, 5) is 18.0. The molecule has 1 heterocycles. The fourth-order valence-electron chi connectivity index (χ4n) is 3.67. The van der Waals surface area contributed by atoms with E-state index in [9.17, 15) is 5.11 Å². The molecule has 1 aliphatic carbocycles. The molecule has 0 saturated heterocycles. The van der Waals surface area contributed by atoms with Crippen molar-refractivity contribution in [3.63, 3.8) is 0 Å². The summed E-state index contributed by atoms with van der Waals surface area (Å²) in [7, 11) is 4.40. The number of aliphatic hydroxyl groups excluding tert-OH is 1. The van der Waals surface area contributed by atoms with Crippen molar-refractivity contribution in [1.29, 1.82) is 0 Å². The van der Waals surface area contributed by atoms with E-state index >= 15 is 0 Å². The predicted molar refractivity (Wildman–Crippen MR) is 128 cm³/mol. The monoisotopic (exact) mass is 493 g/mol. The van der Waals surface area contributed by atoms with Crippen LogP contribution in [0.25, 0.3) is 22.0 Å². The number of aliphatic hydroxyl groups is 1. The third-order valence-corrected chi connectivity index (χ3v) is 6.03. The maximum absolute atomic E-state index is 9.69. The fraction of sp³-hybridized carbons (Fsp3) is 0.348. The maximum atomic E-state index is 9.69. The zero-order valence-corrected chi connectivity index (χ0v) is 20.0. The number of rotatable bonds is 6. The number of halogens is 2. The van der Waals surface area contributed by atoms with Gasteiger partial charge in [0.25, 0.3) is 6.47 Å². The van der Waals surface area contributed by atoms with Crippen molar-refractivity contribution in [3.8, 4) is 22.6 Å². The van der Waals surface area contributed by atoms with Crippen LogP contribution in [0.15, 0.2) is 30.5 Å². The molecule has 0 amide bonds. The summed E-state index contributed by atoms with van der Waals surface area (Å²) in [6.07, 6.45) is 3.95. The summed E-state index contributed by atoms with van der Waals surface area (Å²) in [5, 5.41) is 14.7. The van der Waals surface area contributed by atoms with Crippen LogP contribution in [0.1, 0.15) is 19.3 Å². The second-order valence-electron chi connectivity index (χ2n) is 7.39. The second-order valence-corrected chi connectivity index (χ2v) is 8.15. The van der Waals surface area contributed by atoms with Crippen LogP contribution in [0, 0.1) is 0 Å². The zero-order valence-electron chi connectivity index (χ0n) is 18.5. The smallest absolute Gasteiger partial charge is 0.292 e. The minimum atomic E-state index is -0.245. The van der Waals surface area contributed by atoms with E-state index in [1.54, 1.807) is 26.5 Å². The number of fused-ring (bicyclic) bond motifs is 1. The van der Waals surface area contributed by atoms with Crippen LogP contribution < -0.4 is 14.8 Å². The van der Waals surface area contributed by atoms with Gasteiger partial charge in [0, 0.05) is 29.3 Å². The molecule has 0 radical (unpaired) electrons. The predicted octanol–water partition coefficient (Wildman–Crippen LogP) is 4.74. The molecule has 2 unspecified atom stereocenters. The van der Waals surface area contributed by atoms with Gasteiger partial charge >= 0.3 is 0 Å². The van der Waals surface area contributed by atoms with E-state index in [4.69, 9.17) is 37.5 Å². The molecule has 0 bridgehead atoms. The SMILES string of the molecule is COC=O.COc1cc(OC)c(Cl)c(-c2ccc3nc(NC4CCC(O)C4)ncc3c2)c1Cl. The molecule has 2 aromatic carbocycles. The third-order valence-electron chi connectivity index (χ3n) is 5.28. The molecule has 8 nitrogen and oxygen atoms in total. The Morgan fingerprint density at radius 1 is 1.09 bits per heavy atom. The summed E-state index contributed by atoms with van der Waals surface area (Å²) >= 11 is 13.1. The molecule has 1 fully saturated rings. The Bertz CT molecular complexity index is 1100. The summed E-state index contributed by atoms with van der Waals surface area (Å²) in [6.45, 7) is 0.375. The Kier molecular flexibility index (Phi) is 8.55. The van der Waals surface area contributed by atoms with Crippen molar-refractivity contribution in [2.24, 2.45) is 0 Å². The molecule has 1 saturated carbocycles. The first-order valence-corrected chi connectivity index (χ1v) is 11.0. The third kappa shape index (κ3) is 5.76. The number of ether oxygens (including phenoxy) is 3. The first-order chi connectivity index (χ1) is 15.9. The second kappa shape index (κ2) is 11.4. The van der Waals surface area contributed by atoms with Crippen molar-refractivity contribution in [3.05, 3.63) is 40.5 Å². The van der Waals surface area contributed by atoms with E-state index < -0.39 is 0 Å². The zero-order chi connectivity index (χ0) is 24.0. The van der Waals surface area contributed by atoms with Crippen molar-refractivity contribution < 1.29 is 24.1 Å². The van der Waals surface area contributed by atoms with Gasteiger partial charge in [0.2, 0.25) is 5.95 Å². The molecule has 4 rings (SSSR count). The molecule has 2 atom stereocenters. The van der Waals surface area contributed by atoms with E-state index in [0.717, 1.165) is 35.7 Å². The molecule has 1 aromatic heterocycles. The number of hydrogen-bond donors (Lipinski definition) is 2. The van der Waals surface area contributed by atoms with Crippen LogP contribution in [0.3, 0.4) is 0 Å². The number of nitrogens with zero attached hydrogens (tertiary/aromatic N) is 2. The van der Waals surface area contributed by atoms with Crippen molar-refractivity contribution in [1.82, 2.24) is 9.97 Å². The number of aromatic nitrogens is 2. The number of methoxy groups -OCH3 is 3. The number of nitrogens with one attached hydrogen (secondary N) is 1. The standard InChI is InChI=1S/C21H21Cl2N3O3.C2H4O2/c1-28-16-9-17(29-2)20(23)18(19(16)22)11-3-6-15-12(7-11)10-24-21(26-15)25-13-4-5-14(27)8-13;1-4-2-3/h3,6-7,9-10,13-14,27H,4-5,8H2,1-2H3,(H,24,25,26);2H,1H3. The quantitative estimate of drug-likeness (QED) is 0.474. The van der Waals surface area contributed by atoms with Crippen molar-refractivity contribution in [2.45, 2.75) is 31.4 Å². The van der Waals surface area contributed by atoms with Gasteiger partial charge in [-0.15, -0.1) is 0 Å². The van der Waals surface area contributed by atoms with Gasteiger partial charge in [0.05, 0.1) is 43.0 Å². The van der Waals surface area contributed by atoms with Gasteiger partial charge in [0.15, 0.2) is 0 Å². The Labute approximate surface area is 201 Å². The molecule has 10 heteroatoms. The summed E-state index contributed by atoms with van der Waals surface area (Å²) in [5.41, 5.74) is 2.24. The van der Waals surface area contributed by atoms with E-state index in [2.05, 4.69) is 20.0 Å². The van der Waals surface area contributed by atoms with Gasteiger partial charge in [-0.3, -0.25) is 4.79 Å². The van der Waals surface area contributed by atoms with E-state index in [-0.39, 0.29) is 12.1 Å². The Balaban J connectivity index is 0.000000709. The van der Waals surface area contributed by atoms with Crippen molar-refractivity contribution >= 4 is 46.5 Å². The van der Waals surface area contributed by atoms with E-state index in [0.29, 0.717) is 39.5 Å². The van der Waals surface area contributed by atoms with E-state index in [1.807, 2.05) is 18.2 Å². The number of hydrogen-bond acceptors (Lipinski definition) is 8. The largest absolute Gasteiger partial charge is 0.495 e. The van der Waals surface area contributed by atoms with Crippen LogP contribution in [0.2, 0.25) is 10.0 Å².